The van der Waals surface area contributed by atoms with Crippen LogP contribution in [0.15, 0.2) is 0 Å². The van der Waals surface area contributed by atoms with Gasteiger partial charge < -0.3 is 18.6 Å². The lowest BCUT2D eigenvalue weighted by atomic mass is 9.43. The van der Waals surface area contributed by atoms with E-state index in [9.17, 15) is 4.79 Å². The maximum Gasteiger partial charge on any atom is 0.302 e. The van der Waals surface area contributed by atoms with E-state index in [4.69, 9.17) is 18.6 Å². The van der Waals surface area contributed by atoms with Crippen molar-refractivity contribution in [2.24, 2.45) is 34.5 Å². The van der Waals surface area contributed by atoms with Gasteiger partial charge in [-0.05, 0) is 111 Å². The summed E-state index contributed by atoms with van der Waals surface area (Å²) in [6, 6.07) is 0. The van der Waals surface area contributed by atoms with Crippen LogP contribution in [-0.2, 0) is 23.4 Å². The largest absolute Gasteiger partial charge is 0.463 e. The van der Waals surface area contributed by atoms with Crippen LogP contribution in [0.3, 0.4) is 0 Å². The van der Waals surface area contributed by atoms with Crippen LogP contribution in [0.25, 0.3) is 0 Å². The molecule has 5 fully saturated rings. The van der Waals surface area contributed by atoms with Crippen LogP contribution < -0.4 is 0 Å². The zero-order chi connectivity index (χ0) is 26.5. The third kappa shape index (κ3) is 4.15. The number of carbonyl (C=O) groups excluding carboxylic acids is 1. The van der Waals surface area contributed by atoms with E-state index in [0.717, 1.165) is 19.3 Å². The summed E-state index contributed by atoms with van der Waals surface area (Å²) >= 11 is 0. The van der Waals surface area contributed by atoms with Gasteiger partial charge in [0.1, 0.15) is 6.10 Å². The molecule has 0 N–H and O–H groups in total. The zero-order valence-electron chi connectivity index (χ0n) is 24.6. The van der Waals surface area contributed by atoms with Crippen molar-refractivity contribution in [3.8, 4) is 0 Å². The van der Waals surface area contributed by atoms with E-state index in [1.165, 1.54) is 32.6 Å². The van der Waals surface area contributed by atoms with E-state index < -0.39 is 14.1 Å². The molecule has 5 nitrogen and oxygen atoms in total. The molecule has 10 atom stereocenters. The Balaban J connectivity index is 1.46. The SMILES string of the molecule is CC(=O)OC1CC[C@@]2(C)C(C1)C1OC(C)(C)OC1C1C2CC[C@]2(C)C(O[Si](C)(C)C(C)(C)C)CCC12. The molecule has 0 aromatic carbocycles. The molecule has 1 aliphatic heterocycles. The minimum absolute atomic E-state index is 0.00722. The first-order valence-electron chi connectivity index (χ1n) is 14.7. The fourth-order valence-electron chi connectivity index (χ4n) is 9.17. The van der Waals surface area contributed by atoms with Gasteiger partial charge in [-0.15, -0.1) is 0 Å². The first-order valence-corrected chi connectivity index (χ1v) is 17.6. The molecule has 8 unspecified atom stereocenters. The summed E-state index contributed by atoms with van der Waals surface area (Å²) in [6.45, 7) is 22.7. The van der Waals surface area contributed by atoms with Gasteiger partial charge in [-0.2, -0.15) is 0 Å². The molecular formula is C30H52O5Si. The highest BCUT2D eigenvalue weighted by atomic mass is 28.4. The maximum absolute atomic E-state index is 11.8. The average molecular weight is 521 g/mol. The third-order valence-corrected chi connectivity index (χ3v) is 16.5. The summed E-state index contributed by atoms with van der Waals surface area (Å²) in [5, 5.41) is 0.224. The van der Waals surface area contributed by atoms with E-state index in [-0.39, 0.29) is 40.1 Å². The van der Waals surface area contributed by atoms with Gasteiger partial charge in [0, 0.05) is 6.92 Å². The molecular weight excluding hydrogens is 468 g/mol. The van der Waals surface area contributed by atoms with Gasteiger partial charge in [0.15, 0.2) is 14.1 Å². The third-order valence-electron chi connectivity index (χ3n) is 12.0. The van der Waals surface area contributed by atoms with Gasteiger partial charge in [-0.25, -0.2) is 0 Å². The van der Waals surface area contributed by atoms with Crippen molar-refractivity contribution >= 4 is 14.3 Å². The summed E-state index contributed by atoms with van der Waals surface area (Å²) in [4.78, 5) is 11.8. The van der Waals surface area contributed by atoms with Gasteiger partial charge >= 0.3 is 5.97 Å². The quantitative estimate of drug-likeness (QED) is 0.294. The highest BCUT2D eigenvalue weighted by molar-refractivity contribution is 6.74. The topological polar surface area (TPSA) is 54.0 Å². The van der Waals surface area contributed by atoms with E-state index in [2.05, 4.69) is 61.6 Å². The number of ether oxygens (including phenoxy) is 3. The lowest BCUT2D eigenvalue weighted by Crippen LogP contribution is -2.64. The normalized spacial score (nSPS) is 47.9. The molecule has 0 spiro atoms. The van der Waals surface area contributed by atoms with Gasteiger partial charge in [0.2, 0.25) is 0 Å². The van der Waals surface area contributed by atoms with Crippen molar-refractivity contribution in [1.82, 2.24) is 0 Å². The van der Waals surface area contributed by atoms with Gasteiger partial charge in [-0.3, -0.25) is 4.79 Å². The Labute approximate surface area is 220 Å². The van der Waals surface area contributed by atoms with Crippen LogP contribution in [-0.4, -0.2) is 44.5 Å². The lowest BCUT2D eigenvalue weighted by Gasteiger charge is -2.63. The summed E-state index contributed by atoms with van der Waals surface area (Å²) < 4.78 is 26.5. The first-order chi connectivity index (χ1) is 16.5. The molecule has 36 heavy (non-hydrogen) atoms. The molecule has 0 bridgehead atoms. The molecule has 1 saturated heterocycles. The molecule has 4 saturated carbocycles. The predicted molar refractivity (Wildman–Crippen MR) is 144 cm³/mol. The lowest BCUT2D eigenvalue weighted by molar-refractivity contribution is -0.196. The standard InChI is InChI=1S/C30H52O5Si/c1-18(31)32-19-13-15-29(7)21-14-16-30(8)20(11-12-23(30)35-36(9,10)27(2,3)4)24(21)26-25(22(29)17-19)33-28(5,6)34-26/h19-26H,11-17H2,1-10H3/t19?,20?,21?,22?,23?,24?,25?,26?,29-,30+/m1/s1. The molecule has 5 aliphatic rings. The molecule has 4 aliphatic carbocycles. The predicted octanol–water partition coefficient (Wildman–Crippen LogP) is 7.09. The average Bonchev–Trinajstić information content (AvgIpc) is 3.23. The van der Waals surface area contributed by atoms with Crippen LogP contribution in [0, 0.1) is 34.5 Å². The minimum Gasteiger partial charge on any atom is -0.463 e. The number of hydrogen-bond donors (Lipinski definition) is 0. The number of fused-ring (bicyclic) bond motifs is 8. The van der Waals surface area contributed by atoms with Crippen LogP contribution >= 0.6 is 0 Å². The highest BCUT2D eigenvalue weighted by Gasteiger charge is 2.69. The Morgan fingerprint density at radius 1 is 0.861 bits per heavy atom. The number of hydrogen-bond acceptors (Lipinski definition) is 5. The van der Waals surface area contributed by atoms with E-state index in [1.807, 2.05) is 0 Å². The summed E-state index contributed by atoms with van der Waals surface area (Å²) in [6.07, 6.45) is 8.43. The Bertz CT molecular complexity index is 879. The van der Waals surface area contributed by atoms with Crippen molar-refractivity contribution in [3.05, 3.63) is 0 Å². The Morgan fingerprint density at radius 2 is 1.47 bits per heavy atom. The zero-order valence-corrected chi connectivity index (χ0v) is 25.6. The van der Waals surface area contributed by atoms with E-state index in [0.29, 0.717) is 29.8 Å². The van der Waals surface area contributed by atoms with Crippen LogP contribution in [0.2, 0.25) is 18.1 Å². The fourth-order valence-corrected chi connectivity index (χ4v) is 10.6. The molecule has 206 valence electrons. The Kier molecular flexibility index (Phi) is 6.43. The smallest absolute Gasteiger partial charge is 0.302 e. The molecule has 5 rings (SSSR count). The second-order valence-electron chi connectivity index (χ2n) is 15.5. The van der Waals surface area contributed by atoms with E-state index in [1.54, 1.807) is 0 Å². The van der Waals surface area contributed by atoms with Crippen molar-refractivity contribution in [3.63, 3.8) is 0 Å². The van der Waals surface area contributed by atoms with Gasteiger partial charge in [-0.1, -0.05) is 34.6 Å². The summed E-state index contributed by atoms with van der Waals surface area (Å²) in [7, 11) is -1.85. The second-order valence-corrected chi connectivity index (χ2v) is 20.2. The highest BCUT2D eigenvalue weighted by Crippen LogP contribution is 2.69. The summed E-state index contributed by atoms with van der Waals surface area (Å²) in [5.74, 6) is 1.39. The molecule has 0 radical (unpaired) electrons. The molecule has 1 heterocycles. The number of rotatable bonds is 3. The Morgan fingerprint density at radius 3 is 2.11 bits per heavy atom. The maximum atomic E-state index is 11.8. The monoisotopic (exact) mass is 520 g/mol. The molecule has 0 aromatic heterocycles. The van der Waals surface area contributed by atoms with Crippen LogP contribution in [0.5, 0.6) is 0 Å². The molecule has 6 heteroatoms. The summed E-state index contributed by atoms with van der Waals surface area (Å²) in [5.41, 5.74) is 0.404. The number of carbonyl (C=O) groups is 1. The fraction of sp³-hybridized carbons (Fsp3) is 0.967. The van der Waals surface area contributed by atoms with Crippen molar-refractivity contribution < 1.29 is 23.4 Å². The van der Waals surface area contributed by atoms with E-state index >= 15 is 0 Å². The molecule has 0 aromatic rings. The minimum atomic E-state index is -1.85. The Hall–Kier alpha value is -0.433. The van der Waals surface area contributed by atoms with Crippen LogP contribution in [0.1, 0.15) is 100 Å². The van der Waals surface area contributed by atoms with Crippen molar-refractivity contribution in [2.45, 2.75) is 149 Å². The van der Waals surface area contributed by atoms with Gasteiger partial charge in [0.05, 0.1) is 18.3 Å². The van der Waals surface area contributed by atoms with Crippen molar-refractivity contribution in [2.75, 3.05) is 0 Å². The first kappa shape index (κ1) is 27.1. The van der Waals surface area contributed by atoms with Crippen molar-refractivity contribution in [1.29, 1.82) is 0 Å². The number of esters is 1. The molecule has 0 amide bonds. The van der Waals surface area contributed by atoms with Gasteiger partial charge in [0.25, 0.3) is 0 Å². The second kappa shape index (κ2) is 8.53. The van der Waals surface area contributed by atoms with Crippen LogP contribution in [0.4, 0.5) is 0 Å².